The SMILES string of the molecule is CC.O=[N+]([O-])c1ccc(N2CC3CCC(C2)O3)cc1. The lowest BCUT2D eigenvalue weighted by atomic mass is 10.2. The largest absolute Gasteiger partial charge is 0.371 e. The first-order chi connectivity index (χ1) is 9.22. The molecule has 2 aliphatic heterocycles. The second-order valence-electron chi connectivity index (χ2n) is 4.64. The number of nitrogens with zero attached hydrogens (tertiary/aromatic N) is 2. The van der Waals surface area contributed by atoms with Crippen molar-refractivity contribution >= 4 is 11.4 Å². The molecule has 104 valence electrons. The van der Waals surface area contributed by atoms with Crippen LogP contribution in [0.2, 0.25) is 0 Å². The van der Waals surface area contributed by atoms with Gasteiger partial charge in [-0.15, -0.1) is 0 Å². The van der Waals surface area contributed by atoms with Crippen molar-refractivity contribution in [3.8, 4) is 0 Å². The van der Waals surface area contributed by atoms with Gasteiger partial charge in [-0.05, 0) is 25.0 Å². The zero-order valence-electron chi connectivity index (χ0n) is 11.4. The topological polar surface area (TPSA) is 55.6 Å². The van der Waals surface area contributed by atoms with E-state index in [2.05, 4.69) is 4.90 Å². The van der Waals surface area contributed by atoms with E-state index in [1.807, 2.05) is 26.0 Å². The summed E-state index contributed by atoms with van der Waals surface area (Å²) in [5.74, 6) is 0. The lowest BCUT2D eigenvalue weighted by Gasteiger charge is -2.33. The molecule has 2 unspecified atom stereocenters. The minimum atomic E-state index is -0.368. The van der Waals surface area contributed by atoms with E-state index in [1.165, 1.54) is 0 Å². The Morgan fingerprint density at radius 3 is 2.16 bits per heavy atom. The molecule has 5 heteroatoms. The van der Waals surface area contributed by atoms with Gasteiger partial charge in [-0.2, -0.15) is 0 Å². The first-order valence-electron chi connectivity index (χ1n) is 6.87. The van der Waals surface area contributed by atoms with Crippen molar-refractivity contribution in [2.24, 2.45) is 0 Å². The molecule has 0 N–H and O–H groups in total. The minimum Gasteiger partial charge on any atom is -0.371 e. The minimum absolute atomic E-state index is 0.144. The van der Waals surface area contributed by atoms with Gasteiger partial charge in [-0.1, -0.05) is 13.8 Å². The standard InChI is InChI=1S/C12H14N2O3.C2H6/c15-14(16)10-3-1-9(2-4-10)13-7-11-5-6-12(8-13)17-11;1-2/h1-4,11-12H,5-8H2;1-2H3. The predicted octanol–water partition coefficient (Wildman–Crippen LogP) is 2.99. The van der Waals surface area contributed by atoms with Gasteiger partial charge in [-0.25, -0.2) is 0 Å². The number of hydrogen-bond donors (Lipinski definition) is 0. The van der Waals surface area contributed by atoms with Crippen LogP contribution >= 0.6 is 0 Å². The molecule has 2 aliphatic rings. The maximum absolute atomic E-state index is 10.6. The highest BCUT2D eigenvalue weighted by atomic mass is 16.6. The van der Waals surface area contributed by atoms with Gasteiger partial charge in [0.05, 0.1) is 17.1 Å². The van der Waals surface area contributed by atoms with Crippen LogP contribution in [-0.4, -0.2) is 30.2 Å². The van der Waals surface area contributed by atoms with Crippen LogP contribution < -0.4 is 4.90 Å². The van der Waals surface area contributed by atoms with Crippen LogP contribution in [0.1, 0.15) is 26.7 Å². The molecule has 3 rings (SSSR count). The van der Waals surface area contributed by atoms with Crippen molar-refractivity contribution in [3.63, 3.8) is 0 Å². The molecular weight excluding hydrogens is 244 g/mol. The number of fused-ring (bicyclic) bond motifs is 2. The van der Waals surface area contributed by atoms with Gasteiger partial charge in [-0.3, -0.25) is 10.1 Å². The number of nitro benzene ring substituents is 1. The Bertz CT molecular complexity index is 421. The summed E-state index contributed by atoms with van der Waals surface area (Å²) in [4.78, 5) is 12.5. The van der Waals surface area contributed by atoms with Crippen LogP contribution in [0.15, 0.2) is 24.3 Å². The Kier molecular flexibility index (Phi) is 4.37. The fourth-order valence-electron chi connectivity index (χ4n) is 2.61. The molecule has 2 heterocycles. The van der Waals surface area contributed by atoms with Crippen molar-refractivity contribution in [2.45, 2.75) is 38.9 Å². The first kappa shape index (κ1) is 13.8. The van der Waals surface area contributed by atoms with E-state index in [-0.39, 0.29) is 10.6 Å². The smallest absolute Gasteiger partial charge is 0.269 e. The van der Waals surface area contributed by atoms with Crippen molar-refractivity contribution in [1.29, 1.82) is 0 Å². The fraction of sp³-hybridized carbons (Fsp3) is 0.571. The number of nitro groups is 1. The third-order valence-electron chi connectivity index (χ3n) is 3.47. The molecule has 2 atom stereocenters. The molecule has 0 amide bonds. The summed E-state index contributed by atoms with van der Waals surface area (Å²) in [6.45, 7) is 5.79. The van der Waals surface area contributed by atoms with E-state index in [1.54, 1.807) is 12.1 Å². The molecule has 0 spiro atoms. The number of ether oxygens (including phenoxy) is 1. The molecular formula is C14H20N2O3. The Morgan fingerprint density at radius 1 is 1.16 bits per heavy atom. The second-order valence-corrected chi connectivity index (χ2v) is 4.64. The quantitative estimate of drug-likeness (QED) is 0.608. The van der Waals surface area contributed by atoms with Crippen LogP contribution in [0.25, 0.3) is 0 Å². The zero-order chi connectivity index (χ0) is 13.8. The molecule has 1 aromatic rings. The van der Waals surface area contributed by atoms with Gasteiger partial charge >= 0.3 is 0 Å². The molecule has 2 bridgehead atoms. The second kappa shape index (κ2) is 6.02. The summed E-state index contributed by atoms with van der Waals surface area (Å²) in [7, 11) is 0. The third kappa shape index (κ3) is 3.04. The molecule has 0 saturated carbocycles. The Labute approximate surface area is 113 Å². The maximum Gasteiger partial charge on any atom is 0.269 e. The van der Waals surface area contributed by atoms with E-state index < -0.39 is 0 Å². The highest BCUT2D eigenvalue weighted by Gasteiger charge is 2.33. The molecule has 0 aliphatic carbocycles. The fourth-order valence-corrected chi connectivity index (χ4v) is 2.61. The molecule has 0 radical (unpaired) electrons. The van der Waals surface area contributed by atoms with E-state index in [0.29, 0.717) is 12.2 Å². The summed E-state index contributed by atoms with van der Waals surface area (Å²) in [5.41, 5.74) is 1.20. The molecule has 2 saturated heterocycles. The summed E-state index contributed by atoms with van der Waals surface area (Å²) in [5, 5.41) is 10.6. The van der Waals surface area contributed by atoms with Crippen molar-refractivity contribution < 1.29 is 9.66 Å². The maximum atomic E-state index is 10.6. The molecule has 2 fully saturated rings. The number of anilines is 1. The number of benzene rings is 1. The van der Waals surface area contributed by atoms with Gasteiger partial charge in [0.25, 0.3) is 5.69 Å². The summed E-state index contributed by atoms with van der Waals surface area (Å²) < 4.78 is 5.76. The van der Waals surface area contributed by atoms with Crippen LogP contribution in [0.3, 0.4) is 0 Å². The molecule has 1 aromatic carbocycles. The average molecular weight is 264 g/mol. The summed E-state index contributed by atoms with van der Waals surface area (Å²) >= 11 is 0. The molecule has 19 heavy (non-hydrogen) atoms. The lowest BCUT2D eigenvalue weighted by Crippen LogP contribution is -2.42. The number of morpholine rings is 1. The highest BCUT2D eigenvalue weighted by Crippen LogP contribution is 2.30. The van der Waals surface area contributed by atoms with E-state index in [4.69, 9.17) is 4.74 Å². The Balaban J connectivity index is 0.000000637. The van der Waals surface area contributed by atoms with Gasteiger partial charge in [0.1, 0.15) is 0 Å². The van der Waals surface area contributed by atoms with Gasteiger partial charge in [0, 0.05) is 30.9 Å². The number of rotatable bonds is 2. The van der Waals surface area contributed by atoms with Crippen LogP contribution in [0.5, 0.6) is 0 Å². The zero-order valence-corrected chi connectivity index (χ0v) is 11.4. The van der Waals surface area contributed by atoms with Crippen LogP contribution in [-0.2, 0) is 4.74 Å². The van der Waals surface area contributed by atoms with Gasteiger partial charge in [0.2, 0.25) is 0 Å². The highest BCUT2D eigenvalue weighted by molar-refractivity contribution is 5.51. The average Bonchev–Trinajstić information content (AvgIpc) is 2.80. The van der Waals surface area contributed by atoms with Crippen molar-refractivity contribution in [3.05, 3.63) is 34.4 Å². The third-order valence-corrected chi connectivity index (χ3v) is 3.47. The summed E-state index contributed by atoms with van der Waals surface area (Å²) in [6.07, 6.45) is 2.94. The van der Waals surface area contributed by atoms with E-state index >= 15 is 0 Å². The normalized spacial score (nSPS) is 24.6. The molecule has 5 nitrogen and oxygen atoms in total. The van der Waals surface area contributed by atoms with Gasteiger partial charge in [0.15, 0.2) is 0 Å². The predicted molar refractivity (Wildman–Crippen MR) is 74.6 cm³/mol. The van der Waals surface area contributed by atoms with Crippen LogP contribution in [0, 0.1) is 10.1 Å². The Hall–Kier alpha value is -1.62. The van der Waals surface area contributed by atoms with Crippen molar-refractivity contribution in [2.75, 3.05) is 18.0 Å². The molecule has 0 aromatic heterocycles. The number of hydrogen-bond acceptors (Lipinski definition) is 4. The Morgan fingerprint density at radius 2 is 1.68 bits per heavy atom. The van der Waals surface area contributed by atoms with Crippen molar-refractivity contribution in [1.82, 2.24) is 0 Å². The van der Waals surface area contributed by atoms with Gasteiger partial charge < -0.3 is 9.64 Å². The number of non-ortho nitro benzene ring substituents is 1. The first-order valence-corrected chi connectivity index (χ1v) is 6.87. The monoisotopic (exact) mass is 264 g/mol. The van der Waals surface area contributed by atoms with E-state index in [9.17, 15) is 10.1 Å². The van der Waals surface area contributed by atoms with Crippen LogP contribution in [0.4, 0.5) is 11.4 Å². The van der Waals surface area contributed by atoms with E-state index in [0.717, 1.165) is 31.6 Å². The lowest BCUT2D eigenvalue weighted by molar-refractivity contribution is -0.384. The summed E-state index contributed by atoms with van der Waals surface area (Å²) in [6, 6.07) is 6.77.